The molecule has 21 heavy (non-hydrogen) atoms. The largest absolute Gasteiger partial charge is 0.113 e. The molecule has 0 bridgehead atoms. The third-order valence-corrected chi connectivity index (χ3v) is 4.89. The molecule has 0 aliphatic carbocycles. The zero-order valence-electron chi connectivity index (χ0n) is 12.0. The van der Waals surface area contributed by atoms with Crippen molar-refractivity contribution in [3.05, 3.63) is 81.9 Å². The molecule has 1 atom stereocenters. The van der Waals surface area contributed by atoms with Gasteiger partial charge in [-0.05, 0) is 52.9 Å². The van der Waals surface area contributed by atoms with E-state index in [0.29, 0.717) is 0 Å². The fraction of sp³-hybridized carbons (Fsp3) is 0.158. The number of fused-ring (bicyclic) bond motifs is 1. The Kier molecular flexibility index (Phi) is 3.93. The van der Waals surface area contributed by atoms with Crippen molar-refractivity contribution in [3.8, 4) is 0 Å². The molecule has 0 nitrogen and oxygen atoms in total. The van der Waals surface area contributed by atoms with Gasteiger partial charge >= 0.3 is 0 Å². The number of hydrogen-bond acceptors (Lipinski definition) is 0. The van der Waals surface area contributed by atoms with Gasteiger partial charge < -0.3 is 0 Å². The molecule has 0 amide bonds. The predicted octanol–water partition coefficient (Wildman–Crippen LogP) is 6.44. The first-order valence-electron chi connectivity index (χ1n) is 6.97. The monoisotopic (exact) mass is 314 g/mol. The standard InChI is InChI=1S/C19H16Cl2/c1-12-10-11-14-6-3-4-7-16(14)18(12)19(21)15-8-5-9-17(20)13(15)2/h3-11,19H,1-2H3. The van der Waals surface area contributed by atoms with E-state index in [0.717, 1.165) is 16.1 Å². The summed E-state index contributed by atoms with van der Waals surface area (Å²) in [6.45, 7) is 4.13. The van der Waals surface area contributed by atoms with Crippen LogP contribution in [-0.2, 0) is 0 Å². The molecule has 0 aliphatic heterocycles. The highest BCUT2D eigenvalue weighted by atomic mass is 35.5. The molecular formula is C19H16Cl2. The van der Waals surface area contributed by atoms with Crippen LogP contribution in [-0.4, -0.2) is 0 Å². The minimum Gasteiger partial charge on any atom is -0.113 e. The zero-order valence-corrected chi connectivity index (χ0v) is 13.5. The van der Waals surface area contributed by atoms with Gasteiger partial charge in [0, 0.05) is 5.02 Å². The zero-order chi connectivity index (χ0) is 15.0. The molecule has 2 heteroatoms. The first-order valence-corrected chi connectivity index (χ1v) is 7.78. The van der Waals surface area contributed by atoms with Crippen LogP contribution in [0, 0.1) is 13.8 Å². The molecule has 3 aromatic carbocycles. The quantitative estimate of drug-likeness (QED) is 0.477. The van der Waals surface area contributed by atoms with Crippen LogP contribution in [0.1, 0.15) is 27.6 Å². The van der Waals surface area contributed by atoms with Crippen molar-refractivity contribution in [2.45, 2.75) is 19.2 Å². The summed E-state index contributed by atoms with van der Waals surface area (Å²) < 4.78 is 0. The Morgan fingerprint density at radius 3 is 2.43 bits per heavy atom. The van der Waals surface area contributed by atoms with Gasteiger partial charge in [0.15, 0.2) is 0 Å². The number of halogens is 2. The fourth-order valence-electron chi connectivity index (χ4n) is 2.80. The fourth-order valence-corrected chi connectivity index (χ4v) is 3.50. The van der Waals surface area contributed by atoms with Gasteiger partial charge in [0.2, 0.25) is 0 Å². The van der Waals surface area contributed by atoms with E-state index in [1.807, 2.05) is 19.1 Å². The van der Waals surface area contributed by atoms with E-state index in [2.05, 4.69) is 49.4 Å². The first-order chi connectivity index (χ1) is 10.1. The van der Waals surface area contributed by atoms with Crippen molar-refractivity contribution in [1.29, 1.82) is 0 Å². The number of rotatable bonds is 2. The molecule has 0 aromatic heterocycles. The Balaban J connectivity index is 2.24. The molecular weight excluding hydrogens is 299 g/mol. The van der Waals surface area contributed by atoms with Gasteiger partial charge in [0.1, 0.15) is 0 Å². The third kappa shape index (κ3) is 2.54. The second-order valence-corrected chi connectivity index (χ2v) is 6.18. The topological polar surface area (TPSA) is 0 Å². The second-order valence-electron chi connectivity index (χ2n) is 5.33. The minimum atomic E-state index is -0.199. The Labute approximate surface area is 135 Å². The Bertz CT molecular complexity index is 806. The van der Waals surface area contributed by atoms with Gasteiger partial charge in [-0.1, -0.05) is 60.1 Å². The molecule has 0 N–H and O–H groups in total. The lowest BCUT2D eigenvalue weighted by Crippen LogP contribution is -2.00. The lowest BCUT2D eigenvalue weighted by atomic mass is 9.92. The van der Waals surface area contributed by atoms with Gasteiger partial charge in [-0.25, -0.2) is 0 Å². The molecule has 1 unspecified atom stereocenters. The summed E-state index contributed by atoms with van der Waals surface area (Å²) in [6.07, 6.45) is 0. The van der Waals surface area contributed by atoms with Crippen LogP contribution in [0.2, 0.25) is 5.02 Å². The molecule has 0 heterocycles. The second kappa shape index (κ2) is 5.71. The van der Waals surface area contributed by atoms with Crippen LogP contribution in [0.5, 0.6) is 0 Å². The van der Waals surface area contributed by atoms with Gasteiger partial charge in [-0.3, -0.25) is 0 Å². The smallest absolute Gasteiger partial charge is 0.0847 e. The molecule has 0 aliphatic rings. The molecule has 0 spiro atoms. The van der Waals surface area contributed by atoms with Crippen LogP contribution in [0.25, 0.3) is 10.8 Å². The maximum atomic E-state index is 6.83. The molecule has 0 saturated heterocycles. The van der Waals surface area contributed by atoms with Crippen molar-refractivity contribution in [1.82, 2.24) is 0 Å². The van der Waals surface area contributed by atoms with Crippen molar-refractivity contribution < 1.29 is 0 Å². The minimum absolute atomic E-state index is 0.199. The Hall–Kier alpha value is -1.50. The summed E-state index contributed by atoms with van der Waals surface area (Å²) in [6, 6.07) is 18.5. The van der Waals surface area contributed by atoms with Crippen molar-refractivity contribution >= 4 is 34.0 Å². The highest BCUT2D eigenvalue weighted by Gasteiger charge is 2.18. The van der Waals surface area contributed by atoms with E-state index >= 15 is 0 Å². The average Bonchev–Trinajstić information content (AvgIpc) is 2.49. The third-order valence-electron chi connectivity index (χ3n) is 4.02. The lowest BCUT2D eigenvalue weighted by Gasteiger charge is -2.18. The number of alkyl halides is 1. The van der Waals surface area contributed by atoms with E-state index in [9.17, 15) is 0 Å². The Morgan fingerprint density at radius 2 is 1.62 bits per heavy atom. The van der Waals surface area contributed by atoms with Crippen LogP contribution in [0.3, 0.4) is 0 Å². The average molecular weight is 315 g/mol. The number of benzene rings is 3. The van der Waals surface area contributed by atoms with Gasteiger partial charge in [-0.15, -0.1) is 11.6 Å². The van der Waals surface area contributed by atoms with Gasteiger partial charge in [0.25, 0.3) is 0 Å². The van der Waals surface area contributed by atoms with Crippen LogP contribution in [0.15, 0.2) is 54.6 Å². The van der Waals surface area contributed by atoms with Crippen molar-refractivity contribution in [2.24, 2.45) is 0 Å². The molecule has 106 valence electrons. The van der Waals surface area contributed by atoms with Gasteiger partial charge in [0.05, 0.1) is 5.38 Å². The molecule has 3 rings (SSSR count). The predicted molar refractivity (Wildman–Crippen MR) is 92.6 cm³/mol. The maximum absolute atomic E-state index is 6.83. The highest BCUT2D eigenvalue weighted by Crippen LogP contribution is 2.38. The molecule has 3 aromatic rings. The Morgan fingerprint density at radius 1 is 0.857 bits per heavy atom. The maximum Gasteiger partial charge on any atom is 0.0847 e. The van der Waals surface area contributed by atoms with Crippen molar-refractivity contribution in [2.75, 3.05) is 0 Å². The van der Waals surface area contributed by atoms with Crippen LogP contribution in [0.4, 0.5) is 0 Å². The highest BCUT2D eigenvalue weighted by molar-refractivity contribution is 6.31. The molecule has 0 radical (unpaired) electrons. The summed E-state index contributed by atoms with van der Waals surface area (Å²) in [5.41, 5.74) is 4.49. The molecule has 0 fully saturated rings. The SMILES string of the molecule is Cc1ccc2ccccc2c1C(Cl)c1cccc(Cl)c1C. The van der Waals surface area contributed by atoms with E-state index in [1.165, 1.54) is 21.9 Å². The van der Waals surface area contributed by atoms with E-state index in [1.54, 1.807) is 0 Å². The first kappa shape index (κ1) is 14.4. The number of hydrogen-bond donors (Lipinski definition) is 0. The van der Waals surface area contributed by atoms with Crippen LogP contribution >= 0.6 is 23.2 Å². The summed E-state index contributed by atoms with van der Waals surface area (Å²) in [4.78, 5) is 0. The number of aryl methyl sites for hydroxylation is 1. The van der Waals surface area contributed by atoms with Crippen LogP contribution < -0.4 is 0 Å². The van der Waals surface area contributed by atoms with E-state index in [4.69, 9.17) is 23.2 Å². The summed E-state index contributed by atoms with van der Waals surface area (Å²) in [5.74, 6) is 0. The van der Waals surface area contributed by atoms with Gasteiger partial charge in [-0.2, -0.15) is 0 Å². The summed E-state index contributed by atoms with van der Waals surface area (Å²) >= 11 is 13.1. The normalized spacial score (nSPS) is 12.6. The van der Waals surface area contributed by atoms with E-state index in [-0.39, 0.29) is 5.38 Å². The lowest BCUT2D eigenvalue weighted by molar-refractivity contribution is 1.10. The van der Waals surface area contributed by atoms with Crippen molar-refractivity contribution in [3.63, 3.8) is 0 Å². The van der Waals surface area contributed by atoms with E-state index < -0.39 is 0 Å². The summed E-state index contributed by atoms with van der Waals surface area (Å²) in [7, 11) is 0. The summed E-state index contributed by atoms with van der Waals surface area (Å²) in [5, 5.41) is 2.98. The molecule has 0 saturated carbocycles.